The van der Waals surface area contributed by atoms with Crippen LogP contribution in [0.2, 0.25) is 5.02 Å². The van der Waals surface area contributed by atoms with Crippen molar-refractivity contribution >= 4 is 29.1 Å². The van der Waals surface area contributed by atoms with Gasteiger partial charge in [-0.15, -0.1) is 0 Å². The van der Waals surface area contributed by atoms with Gasteiger partial charge >= 0.3 is 0 Å². The first kappa shape index (κ1) is 17.8. The highest BCUT2D eigenvalue weighted by atomic mass is 35.5. The van der Waals surface area contributed by atoms with E-state index in [1.165, 1.54) is 4.90 Å². The van der Waals surface area contributed by atoms with Gasteiger partial charge in [0, 0.05) is 14.1 Å². The van der Waals surface area contributed by atoms with Gasteiger partial charge in [0.1, 0.15) is 5.75 Å². The molecule has 0 bridgehead atoms. The molecule has 0 fully saturated rings. The summed E-state index contributed by atoms with van der Waals surface area (Å²) in [7, 11) is 3.31. The highest BCUT2D eigenvalue weighted by Crippen LogP contribution is 2.24. The first-order chi connectivity index (χ1) is 11.4. The van der Waals surface area contributed by atoms with Crippen molar-refractivity contribution in [2.45, 2.75) is 13.0 Å². The minimum Gasteiger partial charge on any atom is -0.479 e. The number of halogens is 1. The number of benzene rings is 2. The van der Waals surface area contributed by atoms with Crippen molar-refractivity contribution in [2.24, 2.45) is 0 Å². The van der Waals surface area contributed by atoms with E-state index in [0.29, 0.717) is 22.0 Å². The predicted molar refractivity (Wildman–Crippen MR) is 94.6 cm³/mol. The van der Waals surface area contributed by atoms with Crippen molar-refractivity contribution in [1.29, 1.82) is 0 Å². The molecule has 0 radical (unpaired) electrons. The number of nitrogens with one attached hydrogen (secondary N) is 1. The minimum atomic E-state index is -0.771. The number of hydrogen-bond donors (Lipinski definition) is 1. The van der Waals surface area contributed by atoms with Gasteiger partial charge in [0.15, 0.2) is 6.10 Å². The smallest absolute Gasteiger partial charge is 0.265 e. The van der Waals surface area contributed by atoms with E-state index in [1.54, 1.807) is 69.6 Å². The molecular formula is C18H19ClN2O3. The van der Waals surface area contributed by atoms with Gasteiger partial charge in [-0.1, -0.05) is 35.9 Å². The number of hydrogen-bond acceptors (Lipinski definition) is 3. The Balaban J connectivity index is 2.12. The number of rotatable bonds is 5. The molecule has 6 heteroatoms. The van der Waals surface area contributed by atoms with Crippen LogP contribution in [-0.2, 0) is 4.79 Å². The second-order valence-corrected chi connectivity index (χ2v) is 5.83. The molecule has 126 valence electrons. The van der Waals surface area contributed by atoms with E-state index in [1.807, 2.05) is 0 Å². The van der Waals surface area contributed by atoms with Crippen molar-refractivity contribution in [1.82, 2.24) is 4.90 Å². The zero-order valence-corrected chi connectivity index (χ0v) is 14.5. The Morgan fingerprint density at radius 3 is 2.38 bits per heavy atom. The predicted octanol–water partition coefficient (Wildman–Crippen LogP) is 3.45. The normalized spacial score (nSPS) is 11.5. The Morgan fingerprint density at radius 1 is 1.08 bits per heavy atom. The van der Waals surface area contributed by atoms with Gasteiger partial charge in [-0.3, -0.25) is 9.59 Å². The molecule has 2 aromatic rings. The van der Waals surface area contributed by atoms with Crippen molar-refractivity contribution in [3.05, 3.63) is 59.1 Å². The first-order valence-electron chi connectivity index (χ1n) is 7.43. The molecule has 1 atom stereocenters. The van der Waals surface area contributed by atoms with Crippen LogP contribution in [0.1, 0.15) is 17.3 Å². The Morgan fingerprint density at radius 2 is 1.71 bits per heavy atom. The third kappa shape index (κ3) is 4.26. The largest absolute Gasteiger partial charge is 0.479 e. The van der Waals surface area contributed by atoms with Crippen molar-refractivity contribution in [3.8, 4) is 5.75 Å². The molecule has 2 aromatic carbocycles. The third-order valence-electron chi connectivity index (χ3n) is 3.33. The van der Waals surface area contributed by atoms with E-state index in [0.717, 1.165) is 0 Å². The molecule has 0 saturated heterocycles. The van der Waals surface area contributed by atoms with E-state index < -0.39 is 6.10 Å². The number of para-hydroxylation sites is 2. The summed E-state index contributed by atoms with van der Waals surface area (Å²) in [4.78, 5) is 26.0. The summed E-state index contributed by atoms with van der Waals surface area (Å²) in [5, 5.41) is 3.16. The van der Waals surface area contributed by atoms with E-state index in [-0.39, 0.29) is 11.8 Å². The lowest BCUT2D eigenvalue weighted by Gasteiger charge is -2.18. The fourth-order valence-corrected chi connectivity index (χ4v) is 2.22. The molecule has 0 spiro atoms. The van der Waals surface area contributed by atoms with Gasteiger partial charge < -0.3 is 15.0 Å². The Labute approximate surface area is 146 Å². The van der Waals surface area contributed by atoms with Gasteiger partial charge in [-0.05, 0) is 31.2 Å². The molecule has 5 nitrogen and oxygen atoms in total. The van der Waals surface area contributed by atoms with Crippen LogP contribution in [0.25, 0.3) is 0 Å². The van der Waals surface area contributed by atoms with Gasteiger partial charge in [0.2, 0.25) is 0 Å². The number of amides is 2. The van der Waals surface area contributed by atoms with Crippen LogP contribution in [0.3, 0.4) is 0 Å². The number of nitrogens with zero attached hydrogens (tertiary/aromatic N) is 1. The van der Waals surface area contributed by atoms with Crippen LogP contribution in [0.5, 0.6) is 5.75 Å². The molecule has 24 heavy (non-hydrogen) atoms. The fraction of sp³-hybridized carbons (Fsp3) is 0.222. The highest BCUT2D eigenvalue weighted by Gasteiger charge is 2.19. The maximum atomic E-state index is 12.4. The van der Waals surface area contributed by atoms with Crippen LogP contribution in [0, 0.1) is 0 Å². The van der Waals surface area contributed by atoms with Crippen LogP contribution >= 0.6 is 11.6 Å². The van der Waals surface area contributed by atoms with Gasteiger partial charge in [-0.25, -0.2) is 0 Å². The average Bonchev–Trinajstić information content (AvgIpc) is 2.56. The second-order valence-electron chi connectivity index (χ2n) is 5.42. The van der Waals surface area contributed by atoms with Crippen LogP contribution in [0.4, 0.5) is 5.69 Å². The Hall–Kier alpha value is -2.53. The molecule has 1 N–H and O–H groups in total. The van der Waals surface area contributed by atoms with Crippen molar-refractivity contribution in [3.63, 3.8) is 0 Å². The maximum Gasteiger partial charge on any atom is 0.265 e. The molecule has 0 unspecified atom stereocenters. The average molecular weight is 347 g/mol. The summed E-state index contributed by atoms with van der Waals surface area (Å²) in [5.74, 6) is -0.126. The molecule has 0 aliphatic rings. The second kappa shape index (κ2) is 7.84. The zero-order chi connectivity index (χ0) is 17.7. The van der Waals surface area contributed by atoms with Crippen molar-refractivity contribution < 1.29 is 14.3 Å². The van der Waals surface area contributed by atoms with Gasteiger partial charge in [0.25, 0.3) is 11.8 Å². The molecule has 0 saturated carbocycles. The minimum absolute atomic E-state index is 0.189. The maximum absolute atomic E-state index is 12.4. The standard InChI is InChI=1S/C18H19ClN2O3/c1-12(24-16-11-7-5-9-14(16)19)17(22)20-15-10-6-4-8-13(15)18(23)21(2)3/h4-12H,1-3H3,(H,20,22)/t12-/m0/s1. The monoisotopic (exact) mass is 346 g/mol. The number of carbonyl (C=O) groups excluding carboxylic acids is 2. The summed E-state index contributed by atoms with van der Waals surface area (Å²) in [5.41, 5.74) is 0.858. The van der Waals surface area contributed by atoms with E-state index in [4.69, 9.17) is 16.3 Å². The number of anilines is 1. The van der Waals surface area contributed by atoms with E-state index in [9.17, 15) is 9.59 Å². The topological polar surface area (TPSA) is 58.6 Å². The van der Waals surface area contributed by atoms with E-state index >= 15 is 0 Å². The summed E-state index contributed by atoms with van der Waals surface area (Å²) < 4.78 is 5.59. The molecule has 0 aliphatic heterocycles. The molecule has 2 rings (SSSR count). The quantitative estimate of drug-likeness (QED) is 0.902. The molecule has 2 amide bonds. The van der Waals surface area contributed by atoms with Gasteiger partial charge in [-0.2, -0.15) is 0 Å². The lowest BCUT2D eigenvalue weighted by molar-refractivity contribution is -0.122. The summed E-state index contributed by atoms with van der Waals surface area (Å²) in [6.45, 7) is 1.62. The van der Waals surface area contributed by atoms with Crippen LogP contribution < -0.4 is 10.1 Å². The molecule has 0 heterocycles. The summed E-state index contributed by atoms with van der Waals surface area (Å²) >= 11 is 6.03. The van der Waals surface area contributed by atoms with Gasteiger partial charge in [0.05, 0.1) is 16.3 Å². The molecule has 0 aliphatic carbocycles. The SMILES string of the molecule is C[C@H](Oc1ccccc1Cl)C(=O)Nc1ccccc1C(=O)N(C)C. The molecule has 0 aromatic heterocycles. The van der Waals surface area contributed by atoms with Crippen LogP contribution in [-0.4, -0.2) is 36.9 Å². The summed E-state index contributed by atoms with van der Waals surface area (Å²) in [6.07, 6.45) is -0.771. The Bertz CT molecular complexity index is 747. The third-order valence-corrected chi connectivity index (χ3v) is 3.64. The van der Waals surface area contributed by atoms with E-state index in [2.05, 4.69) is 5.32 Å². The highest BCUT2D eigenvalue weighted by molar-refractivity contribution is 6.32. The first-order valence-corrected chi connectivity index (χ1v) is 7.80. The fourth-order valence-electron chi connectivity index (χ4n) is 2.04. The lowest BCUT2D eigenvalue weighted by Crippen LogP contribution is -2.31. The zero-order valence-electron chi connectivity index (χ0n) is 13.7. The molecular weight excluding hydrogens is 328 g/mol. The number of carbonyl (C=O) groups is 2. The number of ether oxygens (including phenoxy) is 1. The van der Waals surface area contributed by atoms with Crippen LogP contribution in [0.15, 0.2) is 48.5 Å². The lowest BCUT2D eigenvalue weighted by atomic mass is 10.1. The van der Waals surface area contributed by atoms with Crippen molar-refractivity contribution in [2.75, 3.05) is 19.4 Å². The Kier molecular flexibility index (Phi) is 5.82. The summed E-state index contributed by atoms with van der Waals surface area (Å²) in [6, 6.07) is 13.8.